The van der Waals surface area contributed by atoms with Gasteiger partial charge in [0.05, 0.1) is 23.6 Å². The zero-order valence-corrected chi connectivity index (χ0v) is 21.6. The molecule has 3 aliphatic rings. The van der Waals surface area contributed by atoms with Crippen molar-refractivity contribution in [3.63, 3.8) is 0 Å². The molecule has 3 aromatic carbocycles. The Morgan fingerprint density at radius 3 is 2.16 bits per heavy atom. The molecule has 0 saturated carbocycles. The van der Waals surface area contributed by atoms with Crippen molar-refractivity contribution in [1.29, 1.82) is 0 Å². The number of benzene rings is 3. The zero-order valence-electron chi connectivity index (χ0n) is 21.6. The Labute approximate surface area is 221 Å². The summed E-state index contributed by atoms with van der Waals surface area (Å²) in [7, 11) is 0. The number of imide groups is 2. The maximum atomic E-state index is 14.6. The number of carbonyl (C=O) groups is 4. The van der Waals surface area contributed by atoms with E-state index in [1.807, 2.05) is 80.6 Å². The van der Waals surface area contributed by atoms with Crippen LogP contribution in [0, 0.1) is 25.7 Å². The van der Waals surface area contributed by atoms with E-state index in [1.165, 1.54) is 9.80 Å². The van der Waals surface area contributed by atoms with E-state index in [0.29, 0.717) is 5.69 Å². The third-order valence-corrected chi connectivity index (χ3v) is 8.29. The summed E-state index contributed by atoms with van der Waals surface area (Å²) in [5, 5.41) is 0. The number of aryl methyl sites for hydroxylation is 2. The van der Waals surface area contributed by atoms with Gasteiger partial charge in [-0.25, -0.2) is 9.69 Å². The Bertz CT molecular complexity index is 1470. The van der Waals surface area contributed by atoms with Gasteiger partial charge >= 0.3 is 6.03 Å². The molecule has 0 N–H and O–H groups in total. The number of hydrogen-bond acceptors (Lipinski definition) is 4. The zero-order chi connectivity index (χ0) is 26.8. The number of nitrogens with zero attached hydrogens (tertiary/aromatic N) is 3. The standard InChI is InChI=1S/C31H29N3O4/c1-4-32-27(35)24-25(28(32)36)31(18-21-10-6-5-7-11-21)29(37)33(23-12-8-9-20(3)17-23)30(38)34(31)26(24)22-15-13-19(2)14-16-22/h5-17,24-26H,4,18H2,1-3H3/t24-,25-,26-,31-/m1/s1. The van der Waals surface area contributed by atoms with Gasteiger partial charge in [0.2, 0.25) is 11.8 Å². The molecule has 192 valence electrons. The monoisotopic (exact) mass is 507 g/mol. The average Bonchev–Trinajstić information content (AvgIpc) is 3.42. The lowest BCUT2D eigenvalue weighted by atomic mass is 9.75. The molecule has 3 aliphatic heterocycles. The number of likely N-dealkylation sites (tertiary alicyclic amines) is 1. The van der Waals surface area contributed by atoms with Crippen molar-refractivity contribution in [3.8, 4) is 0 Å². The molecular weight excluding hydrogens is 478 g/mol. The van der Waals surface area contributed by atoms with E-state index in [0.717, 1.165) is 22.3 Å². The molecule has 3 aromatic rings. The molecule has 3 saturated heterocycles. The van der Waals surface area contributed by atoms with Gasteiger partial charge in [0.1, 0.15) is 5.54 Å². The van der Waals surface area contributed by atoms with Gasteiger partial charge in [0, 0.05) is 13.0 Å². The van der Waals surface area contributed by atoms with Crippen LogP contribution in [0.1, 0.15) is 35.2 Å². The van der Waals surface area contributed by atoms with E-state index in [-0.39, 0.29) is 24.8 Å². The quantitative estimate of drug-likeness (QED) is 0.378. The summed E-state index contributed by atoms with van der Waals surface area (Å²) in [6.07, 6.45) is 0.140. The molecule has 0 aliphatic carbocycles. The predicted molar refractivity (Wildman–Crippen MR) is 142 cm³/mol. The molecule has 0 spiro atoms. The maximum Gasteiger partial charge on any atom is 0.332 e. The van der Waals surface area contributed by atoms with E-state index in [1.54, 1.807) is 24.0 Å². The highest BCUT2D eigenvalue weighted by Gasteiger charge is 2.77. The number of anilines is 1. The van der Waals surface area contributed by atoms with Crippen LogP contribution in [-0.2, 0) is 20.8 Å². The molecule has 0 unspecified atom stereocenters. The fourth-order valence-corrected chi connectivity index (χ4v) is 6.65. The first-order chi connectivity index (χ1) is 18.3. The van der Waals surface area contributed by atoms with Gasteiger partial charge in [0.25, 0.3) is 5.91 Å². The van der Waals surface area contributed by atoms with E-state index < -0.39 is 35.4 Å². The summed E-state index contributed by atoms with van der Waals surface area (Å²) >= 11 is 0. The lowest BCUT2D eigenvalue weighted by Crippen LogP contribution is -2.55. The number of amides is 5. The summed E-state index contributed by atoms with van der Waals surface area (Å²) in [5.41, 5.74) is 2.44. The Morgan fingerprint density at radius 2 is 1.50 bits per heavy atom. The van der Waals surface area contributed by atoms with Crippen LogP contribution < -0.4 is 4.90 Å². The highest BCUT2D eigenvalue weighted by molar-refractivity contribution is 6.27. The normalized spacial score (nSPS) is 26.4. The number of urea groups is 1. The van der Waals surface area contributed by atoms with Crippen molar-refractivity contribution in [3.05, 3.63) is 101 Å². The second kappa shape index (κ2) is 8.65. The van der Waals surface area contributed by atoms with Crippen LogP contribution in [0.25, 0.3) is 0 Å². The molecule has 3 fully saturated rings. The fraction of sp³-hybridized carbons (Fsp3) is 0.290. The molecule has 3 heterocycles. The smallest absolute Gasteiger partial charge is 0.300 e. The molecule has 0 bridgehead atoms. The molecule has 0 aromatic heterocycles. The van der Waals surface area contributed by atoms with Gasteiger partial charge < -0.3 is 4.90 Å². The second-order valence-electron chi connectivity index (χ2n) is 10.5. The van der Waals surface area contributed by atoms with Crippen molar-refractivity contribution in [2.75, 3.05) is 11.4 Å². The first kappa shape index (κ1) is 24.1. The summed E-state index contributed by atoms with van der Waals surface area (Å²) in [6.45, 7) is 5.85. The molecule has 0 radical (unpaired) electrons. The minimum absolute atomic E-state index is 0.140. The molecule has 7 nitrogen and oxygen atoms in total. The topological polar surface area (TPSA) is 78.0 Å². The molecule has 4 atom stereocenters. The van der Waals surface area contributed by atoms with Crippen LogP contribution >= 0.6 is 0 Å². The van der Waals surface area contributed by atoms with Gasteiger partial charge in [0.15, 0.2) is 0 Å². The molecular formula is C31H29N3O4. The minimum Gasteiger partial charge on any atom is -0.300 e. The van der Waals surface area contributed by atoms with Crippen molar-refractivity contribution in [2.45, 2.75) is 38.8 Å². The highest BCUT2D eigenvalue weighted by atomic mass is 16.2. The van der Waals surface area contributed by atoms with Crippen LogP contribution in [0.3, 0.4) is 0 Å². The first-order valence-corrected chi connectivity index (χ1v) is 13.0. The number of hydrogen-bond donors (Lipinski definition) is 0. The van der Waals surface area contributed by atoms with Gasteiger partial charge in [-0.15, -0.1) is 0 Å². The van der Waals surface area contributed by atoms with Crippen molar-refractivity contribution < 1.29 is 19.2 Å². The van der Waals surface area contributed by atoms with Gasteiger partial charge in [-0.2, -0.15) is 0 Å². The van der Waals surface area contributed by atoms with Crippen LogP contribution in [0.2, 0.25) is 0 Å². The highest BCUT2D eigenvalue weighted by Crippen LogP contribution is 2.59. The van der Waals surface area contributed by atoms with E-state index in [2.05, 4.69) is 0 Å². The minimum atomic E-state index is -1.53. The van der Waals surface area contributed by atoms with Crippen molar-refractivity contribution in [1.82, 2.24) is 9.80 Å². The van der Waals surface area contributed by atoms with E-state index >= 15 is 0 Å². The number of fused-ring (bicyclic) bond motifs is 3. The summed E-state index contributed by atoms with van der Waals surface area (Å²) < 4.78 is 0. The van der Waals surface area contributed by atoms with Gasteiger partial charge in [-0.05, 0) is 49.6 Å². The first-order valence-electron chi connectivity index (χ1n) is 13.0. The SMILES string of the molecule is CCN1C(=O)[C@H]2[C@@H](c3ccc(C)cc3)N3C(=O)N(c4cccc(C)c4)C(=O)[C@@]3(Cc3ccccc3)[C@H]2C1=O. The average molecular weight is 508 g/mol. The number of rotatable bonds is 5. The molecule has 7 heteroatoms. The third-order valence-electron chi connectivity index (χ3n) is 8.29. The number of carbonyl (C=O) groups excluding carboxylic acids is 4. The van der Waals surface area contributed by atoms with Crippen LogP contribution in [0.15, 0.2) is 78.9 Å². The summed E-state index contributed by atoms with van der Waals surface area (Å²) in [4.78, 5) is 60.7. The van der Waals surface area contributed by atoms with Gasteiger partial charge in [-0.3, -0.25) is 19.3 Å². The van der Waals surface area contributed by atoms with Crippen molar-refractivity contribution in [2.24, 2.45) is 11.8 Å². The maximum absolute atomic E-state index is 14.6. The molecule has 38 heavy (non-hydrogen) atoms. The van der Waals surface area contributed by atoms with Crippen LogP contribution in [-0.4, -0.2) is 45.6 Å². The fourth-order valence-electron chi connectivity index (χ4n) is 6.65. The molecule has 5 amide bonds. The molecule has 6 rings (SSSR count). The van der Waals surface area contributed by atoms with E-state index in [4.69, 9.17) is 0 Å². The van der Waals surface area contributed by atoms with Crippen LogP contribution in [0.4, 0.5) is 10.5 Å². The summed E-state index contributed by atoms with van der Waals surface area (Å²) in [5.74, 6) is -2.97. The second-order valence-corrected chi connectivity index (χ2v) is 10.5. The Kier molecular flexibility index (Phi) is 5.49. The van der Waals surface area contributed by atoms with E-state index in [9.17, 15) is 19.2 Å². The Hall–Kier alpha value is -4.26. The van der Waals surface area contributed by atoms with Gasteiger partial charge in [-0.1, -0.05) is 72.3 Å². The lowest BCUT2D eigenvalue weighted by molar-refractivity contribution is -0.144. The summed E-state index contributed by atoms with van der Waals surface area (Å²) in [6, 6.07) is 23.1. The van der Waals surface area contributed by atoms with Crippen molar-refractivity contribution >= 4 is 29.4 Å². The van der Waals surface area contributed by atoms with Crippen LogP contribution in [0.5, 0.6) is 0 Å². The predicted octanol–water partition coefficient (Wildman–Crippen LogP) is 4.43. The lowest BCUT2D eigenvalue weighted by Gasteiger charge is -2.35. The Balaban J connectivity index is 1.61. The Morgan fingerprint density at radius 1 is 0.789 bits per heavy atom. The third kappa shape index (κ3) is 3.20. The largest absolute Gasteiger partial charge is 0.332 e.